The fraction of sp³-hybridized carbons (Fsp3) is 0.438. The second-order valence-corrected chi connectivity index (χ2v) is 5.65. The molecule has 1 aromatic carbocycles. The number of hydrogen-bond donors (Lipinski definition) is 2. The summed E-state index contributed by atoms with van der Waals surface area (Å²) in [5.41, 5.74) is 0.270. The molecule has 0 amide bonds. The quantitative estimate of drug-likeness (QED) is 0.447. The van der Waals surface area contributed by atoms with Gasteiger partial charge in [-0.2, -0.15) is 28.1 Å². The zero-order valence-corrected chi connectivity index (χ0v) is 15.1. The minimum atomic E-state index is -4.83. The lowest BCUT2D eigenvalue weighted by atomic mass is 10.3. The number of hydrogen-bond acceptors (Lipinski definition) is 7. The fourth-order valence-electron chi connectivity index (χ4n) is 1.95. The molecule has 2 rings (SSSR count). The highest BCUT2D eigenvalue weighted by Crippen LogP contribution is 2.25. The Hall–Kier alpha value is -2.99. The van der Waals surface area contributed by atoms with Gasteiger partial charge in [0, 0.05) is 12.2 Å². The van der Waals surface area contributed by atoms with Crippen LogP contribution in [-0.4, -0.2) is 40.6 Å². The molecule has 0 saturated heterocycles. The Balaban J connectivity index is 2.15. The summed E-state index contributed by atoms with van der Waals surface area (Å²) in [5, 5.41) is 5.50. The number of unbranched alkanes of at least 4 members (excludes halogenated alkanes) is 1. The van der Waals surface area contributed by atoms with Gasteiger partial charge in [0.05, 0.1) is 0 Å². The van der Waals surface area contributed by atoms with Crippen LogP contribution in [0.4, 0.5) is 43.9 Å². The van der Waals surface area contributed by atoms with Crippen LogP contribution >= 0.6 is 0 Å². The zero-order chi connectivity index (χ0) is 21.5. The van der Waals surface area contributed by atoms with Crippen LogP contribution in [0.1, 0.15) is 19.8 Å². The molecule has 1 heterocycles. The summed E-state index contributed by atoms with van der Waals surface area (Å²) in [6.45, 7) is 0.836. The van der Waals surface area contributed by atoms with Crippen LogP contribution < -0.4 is 20.1 Å². The van der Waals surface area contributed by atoms with Crippen molar-refractivity contribution in [2.75, 3.05) is 23.8 Å². The molecule has 160 valence electrons. The van der Waals surface area contributed by atoms with Gasteiger partial charge >= 0.3 is 18.5 Å². The van der Waals surface area contributed by atoms with E-state index in [0.717, 1.165) is 25.0 Å². The summed E-state index contributed by atoms with van der Waals surface area (Å²) in [5.74, 6) is -0.597. The number of rotatable bonds is 9. The third-order valence-corrected chi connectivity index (χ3v) is 3.14. The molecular formula is C16H17F6N5O2. The molecule has 0 aliphatic rings. The lowest BCUT2D eigenvalue weighted by Crippen LogP contribution is -2.21. The van der Waals surface area contributed by atoms with E-state index >= 15 is 0 Å². The van der Waals surface area contributed by atoms with Gasteiger partial charge in [0.2, 0.25) is 11.9 Å². The zero-order valence-electron chi connectivity index (χ0n) is 15.1. The Morgan fingerprint density at radius 3 is 2.17 bits per heavy atom. The van der Waals surface area contributed by atoms with Gasteiger partial charge < -0.3 is 20.1 Å². The molecule has 0 bridgehead atoms. The van der Waals surface area contributed by atoms with Crippen molar-refractivity contribution in [3.8, 4) is 11.8 Å². The molecule has 0 spiro atoms. The van der Waals surface area contributed by atoms with E-state index in [1.165, 1.54) is 12.1 Å². The maximum absolute atomic E-state index is 12.4. The molecule has 0 saturated carbocycles. The smallest absolute Gasteiger partial charge is 0.454 e. The largest absolute Gasteiger partial charge is 0.573 e. The third kappa shape index (κ3) is 8.70. The number of alkyl halides is 6. The van der Waals surface area contributed by atoms with Gasteiger partial charge in [0.1, 0.15) is 5.75 Å². The summed E-state index contributed by atoms with van der Waals surface area (Å²) in [4.78, 5) is 11.5. The molecule has 0 unspecified atom stereocenters. The summed E-state index contributed by atoms with van der Waals surface area (Å²) in [7, 11) is 0. The average Bonchev–Trinajstić information content (AvgIpc) is 2.60. The van der Waals surface area contributed by atoms with Crippen molar-refractivity contribution in [3.05, 3.63) is 24.3 Å². The van der Waals surface area contributed by atoms with Crippen LogP contribution in [0.25, 0.3) is 0 Å². The van der Waals surface area contributed by atoms with Crippen LogP contribution in [0.2, 0.25) is 0 Å². The lowest BCUT2D eigenvalue weighted by Gasteiger charge is -2.12. The summed E-state index contributed by atoms with van der Waals surface area (Å²) >= 11 is 0. The molecule has 2 N–H and O–H groups in total. The highest BCUT2D eigenvalue weighted by atomic mass is 19.4. The molecule has 0 aliphatic heterocycles. The molecule has 13 heteroatoms. The number of benzene rings is 1. The van der Waals surface area contributed by atoms with E-state index < -0.39 is 30.9 Å². The van der Waals surface area contributed by atoms with Crippen LogP contribution in [0.3, 0.4) is 0 Å². The SMILES string of the molecule is CCCCNc1nc(Nc2ccc(OC(F)(F)F)cc2)nc(OCC(F)(F)F)n1. The molecule has 0 radical (unpaired) electrons. The van der Waals surface area contributed by atoms with E-state index in [9.17, 15) is 26.3 Å². The first-order chi connectivity index (χ1) is 13.5. The van der Waals surface area contributed by atoms with Gasteiger partial charge in [-0.1, -0.05) is 13.3 Å². The highest BCUT2D eigenvalue weighted by molar-refractivity contribution is 5.55. The number of anilines is 3. The van der Waals surface area contributed by atoms with E-state index in [1.54, 1.807) is 0 Å². The number of halogens is 6. The van der Waals surface area contributed by atoms with E-state index in [0.29, 0.717) is 6.54 Å². The topological polar surface area (TPSA) is 81.2 Å². The predicted molar refractivity (Wildman–Crippen MR) is 91.2 cm³/mol. The molecule has 0 fully saturated rings. The van der Waals surface area contributed by atoms with E-state index in [1.807, 2.05) is 6.92 Å². The van der Waals surface area contributed by atoms with Gasteiger partial charge in [-0.15, -0.1) is 13.2 Å². The Morgan fingerprint density at radius 2 is 1.59 bits per heavy atom. The normalized spacial score (nSPS) is 11.8. The number of nitrogens with one attached hydrogen (secondary N) is 2. The minimum absolute atomic E-state index is 0.00912. The van der Waals surface area contributed by atoms with Crippen LogP contribution in [-0.2, 0) is 0 Å². The van der Waals surface area contributed by atoms with Crippen LogP contribution in [0, 0.1) is 0 Å². The molecule has 2 aromatic rings. The highest BCUT2D eigenvalue weighted by Gasteiger charge is 2.31. The maximum atomic E-state index is 12.4. The van der Waals surface area contributed by atoms with Gasteiger partial charge in [-0.3, -0.25) is 0 Å². The maximum Gasteiger partial charge on any atom is 0.573 e. The number of aromatic nitrogens is 3. The monoisotopic (exact) mass is 425 g/mol. The Bertz CT molecular complexity index is 783. The first kappa shape index (κ1) is 22.3. The molecule has 0 atom stereocenters. The van der Waals surface area contributed by atoms with Gasteiger partial charge in [0.25, 0.3) is 0 Å². The van der Waals surface area contributed by atoms with Crippen molar-refractivity contribution in [1.29, 1.82) is 0 Å². The van der Waals surface area contributed by atoms with Crippen molar-refractivity contribution in [2.45, 2.75) is 32.3 Å². The molecule has 7 nitrogen and oxygen atoms in total. The second kappa shape index (κ2) is 9.47. The molecular weight excluding hydrogens is 408 g/mol. The third-order valence-electron chi connectivity index (χ3n) is 3.14. The van der Waals surface area contributed by atoms with Gasteiger partial charge in [-0.05, 0) is 30.7 Å². The fourth-order valence-corrected chi connectivity index (χ4v) is 1.95. The Kier molecular flexibility index (Phi) is 7.29. The summed E-state index contributed by atoms with van der Waals surface area (Å²) < 4.78 is 82.0. The summed E-state index contributed by atoms with van der Waals surface area (Å²) in [6.07, 6.45) is -7.77. The average molecular weight is 425 g/mol. The predicted octanol–water partition coefficient (Wildman–Crippen LogP) is 4.67. The molecule has 29 heavy (non-hydrogen) atoms. The second-order valence-electron chi connectivity index (χ2n) is 5.65. The van der Waals surface area contributed by atoms with Gasteiger partial charge in [-0.25, -0.2) is 0 Å². The van der Waals surface area contributed by atoms with Crippen molar-refractivity contribution in [3.63, 3.8) is 0 Å². The van der Waals surface area contributed by atoms with Gasteiger partial charge in [0.15, 0.2) is 6.61 Å². The minimum Gasteiger partial charge on any atom is -0.454 e. The van der Waals surface area contributed by atoms with Crippen molar-refractivity contribution in [2.24, 2.45) is 0 Å². The lowest BCUT2D eigenvalue weighted by molar-refractivity contribution is -0.274. The van der Waals surface area contributed by atoms with Crippen LogP contribution in [0.15, 0.2) is 24.3 Å². The van der Waals surface area contributed by atoms with E-state index in [4.69, 9.17) is 0 Å². The van der Waals surface area contributed by atoms with Crippen molar-refractivity contribution in [1.82, 2.24) is 15.0 Å². The first-order valence-electron chi connectivity index (χ1n) is 8.36. The number of nitrogens with zero attached hydrogens (tertiary/aromatic N) is 3. The Labute approximate surface area is 161 Å². The first-order valence-corrected chi connectivity index (χ1v) is 8.36. The Morgan fingerprint density at radius 1 is 0.931 bits per heavy atom. The molecule has 1 aromatic heterocycles. The van der Waals surface area contributed by atoms with Crippen molar-refractivity contribution < 1.29 is 35.8 Å². The van der Waals surface area contributed by atoms with E-state index in [2.05, 4.69) is 35.1 Å². The summed E-state index contributed by atoms with van der Waals surface area (Å²) in [6, 6.07) is 4.06. The number of ether oxygens (including phenoxy) is 2. The molecule has 0 aliphatic carbocycles. The van der Waals surface area contributed by atoms with Crippen LogP contribution in [0.5, 0.6) is 11.8 Å². The van der Waals surface area contributed by atoms with Crippen molar-refractivity contribution >= 4 is 17.6 Å². The van der Waals surface area contributed by atoms with E-state index in [-0.39, 0.29) is 17.6 Å². The standard InChI is InChI=1S/C16H17F6N5O2/c1-2-3-8-23-12-25-13(27-14(26-12)28-9-15(17,18)19)24-10-4-6-11(7-5-10)29-16(20,21)22/h4-7H,2-3,8-9H2,1H3,(H2,23,24,25,26,27).